The molecule has 0 N–H and O–H groups in total. The fourth-order valence-electron chi connectivity index (χ4n) is 2.37. The lowest BCUT2D eigenvalue weighted by molar-refractivity contribution is 0.293. The van der Waals surface area contributed by atoms with Crippen molar-refractivity contribution < 1.29 is 0 Å². The van der Waals surface area contributed by atoms with Gasteiger partial charge in [-0.1, -0.05) is 42.0 Å². The maximum atomic E-state index is 2.41. The predicted octanol–water partition coefficient (Wildman–Crippen LogP) is 3.13. The van der Waals surface area contributed by atoms with Crippen molar-refractivity contribution in [2.45, 2.75) is 19.8 Å². The Balaban J connectivity index is 1.90. The third-order valence-corrected chi connectivity index (χ3v) is 3.53. The van der Waals surface area contributed by atoms with Crippen LogP contribution in [-0.2, 0) is 6.42 Å². The first-order valence-corrected chi connectivity index (χ1v) is 6.15. The third kappa shape index (κ3) is 2.96. The Hall–Kier alpha value is -1.08. The highest BCUT2D eigenvalue weighted by molar-refractivity contribution is 5.16. The Morgan fingerprint density at radius 3 is 2.75 bits per heavy atom. The quantitative estimate of drug-likeness (QED) is 0.700. The van der Waals surface area contributed by atoms with Crippen LogP contribution in [0.25, 0.3) is 0 Å². The molecule has 0 saturated carbocycles. The van der Waals surface area contributed by atoms with E-state index in [1.54, 1.807) is 5.57 Å². The molecule has 0 saturated heterocycles. The molecule has 0 spiro atoms. The van der Waals surface area contributed by atoms with Gasteiger partial charge in [-0.25, -0.2) is 0 Å². The Kier molecular flexibility index (Phi) is 3.79. The highest BCUT2D eigenvalue weighted by Gasteiger charge is 2.17. The Bertz CT molecular complexity index is 353. The summed E-state index contributed by atoms with van der Waals surface area (Å²) in [5, 5.41) is 0. The summed E-state index contributed by atoms with van der Waals surface area (Å²) in [5.41, 5.74) is 3.04. The summed E-state index contributed by atoms with van der Waals surface area (Å²) in [6, 6.07) is 10.8. The van der Waals surface area contributed by atoms with Gasteiger partial charge in [-0.15, -0.1) is 0 Å². The van der Waals surface area contributed by atoms with E-state index in [1.165, 1.54) is 24.9 Å². The molecule has 0 aromatic heterocycles. The molecule has 86 valence electrons. The van der Waals surface area contributed by atoms with Crippen LogP contribution in [0.2, 0.25) is 0 Å². The van der Waals surface area contributed by atoms with Crippen LogP contribution in [0, 0.1) is 5.92 Å². The van der Waals surface area contributed by atoms with Crippen LogP contribution in [0.1, 0.15) is 18.9 Å². The van der Waals surface area contributed by atoms with Crippen molar-refractivity contribution in [2.24, 2.45) is 5.92 Å². The van der Waals surface area contributed by atoms with Gasteiger partial charge in [0.1, 0.15) is 0 Å². The Morgan fingerprint density at radius 2 is 2.00 bits per heavy atom. The van der Waals surface area contributed by atoms with E-state index < -0.39 is 0 Å². The van der Waals surface area contributed by atoms with E-state index in [0.29, 0.717) is 0 Å². The van der Waals surface area contributed by atoms with Crippen LogP contribution >= 0.6 is 0 Å². The molecule has 0 bridgehead atoms. The first-order chi connectivity index (χ1) is 7.75. The average Bonchev–Trinajstić information content (AvgIpc) is 2.32. The van der Waals surface area contributed by atoms with Gasteiger partial charge in [0.05, 0.1) is 0 Å². The van der Waals surface area contributed by atoms with Crippen LogP contribution in [0.5, 0.6) is 0 Å². The monoisotopic (exact) mass is 215 g/mol. The summed E-state index contributed by atoms with van der Waals surface area (Å²) in [4.78, 5) is 2.41. The van der Waals surface area contributed by atoms with Crippen LogP contribution in [0.15, 0.2) is 42.0 Å². The van der Waals surface area contributed by atoms with Gasteiger partial charge in [-0.3, -0.25) is 0 Å². The molecule has 2 rings (SSSR count). The lowest BCUT2D eigenvalue weighted by Crippen LogP contribution is -2.31. The highest BCUT2D eigenvalue weighted by Crippen LogP contribution is 2.22. The minimum atomic E-state index is 0.749. The highest BCUT2D eigenvalue weighted by atomic mass is 15.1. The summed E-state index contributed by atoms with van der Waals surface area (Å²) in [5.74, 6) is 0.749. The first-order valence-electron chi connectivity index (χ1n) is 6.15. The largest absolute Gasteiger partial charge is 0.302 e. The molecule has 1 atom stereocenters. The predicted molar refractivity (Wildman–Crippen MR) is 69.5 cm³/mol. The molecule has 16 heavy (non-hydrogen) atoms. The molecular weight excluding hydrogens is 194 g/mol. The Morgan fingerprint density at radius 1 is 1.25 bits per heavy atom. The second kappa shape index (κ2) is 5.31. The number of hydrogen-bond donors (Lipinski definition) is 0. The molecule has 1 aliphatic heterocycles. The van der Waals surface area contributed by atoms with Crippen LogP contribution in [0.3, 0.4) is 0 Å². The normalized spacial score (nSPS) is 21.9. The molecule has 1 heterocycles. The molecule has 1 nitrogen and oxygen atoms in total. The van der Waals surface area contributed by atoms with E-state index in [4.69, 9.17) is 0 Å². The van der Waals surface area contributed by atoms with Crippen molar-refractivity contribution in [3.63, 3.8) is 0 Å². The smallest absolute Gasteiger partial charge is 0.0163 e. The van der Waals surface area contributed by atoms with E-state index in [0.717, 1.165) is 12.5 Å². The molecule has 1 heteroatoms. The topological polar surface area (TPSA) is 3.24 Å². The molecule has 1 aromatic carbocycles. The van der Waals surface area contributed by atoms with Gasteiger partial charge in [-0.05, 0) is 38.3 Å². The van der Waals surface area contributed by atoms with Gasteiger partial charge >= 0.3 is 0 Å². The molecule has 0 radical (unpaired) electrons. The fourth-order valence-corrected chi connectivity index (χ4v) is 2.37. The van der Waals surface area contributed by atoms with Gasteiger partial charge in [0.15, 0.2) is 0 Å². The van der Waals surface area contributed by atoms with Crippen molar-refractivity contribution >= 4 is 0 Å². The molecule has 1 unspecified atom stereocenters. The summed E-state index contributed by atoms with van der Waals surface area (Å²) >= 11 is 0. The molecule has 0 fully saturated rings. The second-order valence-electron chi connectivity index (χ2n) is 4.89. The number of aryl methyl sites for hydroxylation is 1. The molecular formula is C15H21N. The number of benzene rings is 1. The van der Waals surface area contributed by atoms with E-state index >= 15 is 0 Å². The van der Waals surface area contributed by atoms with E-state index in [9.17, 15) is 0 Å². The zero-order valence-electron chi connectivity index (χ0n) is 10.3. The average molecular weight is 215 g/mol. The zero-order valence-corrected chi connectivity index (χ0v) is 10.3. The van der Waals surface area contributed by atoms with Crippen molar-refractivity contribution in [2.75, 3.05) is 20.1 Å². The van der Waals surface area contributed by atoms with Crippen molar-refractivity contribution in [1.29, 1.82) is 0 Å². The fraction of sp³-hybridized carbons (Fsp3) is 0.467. The van der Waals surface area contributed by atoms with Gasteiger partial charge < -0.3 is 4.90 Å². The second-order valence-corrected chi connectivity index (χ2v) is 4.89. The summed E-state index contributed by atoms with van der Waals surface area (Å²) < 4.78 is 0. The standard InChI is InChI=1S/C15H21N/c1-13-10-11-16(2)12-15(13)9-8-14-6-4-3-5-7-14/h3-7,10,15H,8-9,11-12H2,1-2H3. The van der Waals surface area contributed by atoms with Crippen molar-refractivity contribution in [3.05, 3.63) is 47.5 Å². The van der Waals surface area contributed by atoms with E-state index in [2.05, 4.69) is 55.3 Å². The lowest BCUT2D eigenvalue weighted by atomic mass is 9.90. The SMILES string of the molecule is CC1=CCN(C)CC1CCc1ccccc1. The van der Waals surface area contributed by atoms with Crippen LogP contribution < -0.4 is 0 Å². The molecule has 0 aliphatic carbocycles. The third-order valence-electron chi connectivity index (χ3n) is 3.53. The maximum Gasteiger partial charge on any atom is 0.0163 e. The van der Waals surface area contributed by atoms with Gasteiger partial charge in [0.25, 0.3) is 0 Å². The molecule has 1 aromatic rings. The maximum absolute atomic E-state index is 2.41. The molecule has 0 amide bonds. The number of nitrogens with zero attached hydrogens (tertiary/aromatic N) is 1. The van der Waals surface area contributed by atoms with E-state index in [-0.39, 0.29) is 0 Å². The lowest BCUT2D eigenvalue weighted by Gasteiger charge is -2.29. The van der Waals surface area contributed by atoms with Gasteiger partial charge in [0, 0.05) is 13.1 Å². The number of likely N-dealkylation sites (N-methyl/N-ethyl adjacent to an activating group) is 1. The van der Waals surface area contributed by atoms with Crippen molar-refractivity contribution in [3.8, 4) is 0 Å². The van der Waals surface area contributed by atoms with Gasteiger partial charge in [-0.2, -0.15) is 0 Å². The van der Waals surface area contributed by atoms with Crippen molar-refractivity contribution in [1.82, 2.24) is 4.90 Å². The number of rotatable bonds is 3. The minimum absolute atomic E-state index is 0.749. The first kappa shape index (κ1) is 11.4. The van der Waals surface area contributed by atoms with E-state index in [1.807, 2.05) is 0 Å². The summed E-state index contributed by atoms with van der Waals surface area (Å²) in [6.45, 7) is 4.62. The summed E-state index contributed by atoms with van der Waals surface area (Å²) in [6.07, 6.45) is 4.85. The summed E-state index contributed by atoms with van der Waals surface area (Å²) in [7, 11) is 2.21. The van der Waals surface area contributed by atoms with Crippen LogP contribution in [-0.4, -0.2) is 25.0 Å². The van der Waals surface area contributed by atoms with Crippen LogP contribution in [0.4, 0.5) is 0 Å². The Labute approximate surface area is 98.8 Å². The number of hydrogen-bond acceptors (Lipinski definition) is 1. The van der Waals surface area contributed by atoms with Gasteiger partial charge in [0.2, 0.25) is 0 Å². The molecule has 1 aliphatic rings. The zero-order chi connectivity index (χ0) is 11.4. The minimum Gasteiger partial charge on any atom is -0.302 e.